The summed E-state index contributed by atoms with van der Waals surface area (Å²) in [6.45, 7) is 4.84. The molecule has 0 aliphatic carbocycles. The van der Waals surface area contributed by atoms with E-state index in [1.165, 1.54) is 23.0 Å². The Labute approximate surface area is 140 Å². The van der Waals surface area contributed by atoms with Crippen LogP contribution in [0.5, 0.6) is 0 Å². The SMILES string of the molecule is Cc1cncc(CN2CCc3nc(-c4cncnc4)ncc3C2)c1. The third-order valence-corrected chi connectivity index (χ3v) is 4.17. The summed E-state index contributed by atoms with van der Waals surface area (Å²) in [6, 6.07) is 2.19. The van der Waals surface area contributed by atoms with Gasteiger partial charge < -0.3 is 0 Å². The smallest absolute Gasteiger partial charge is 0.162 e. The molecule has 24 heavy (non-hydrogen) atoms. The lowest BCUT2D eigenvalue weighted by Crippen LogP contribution is -2.31. The van der Waals surface area contributed by atoms with Crippen molar-refractivity contribution in [3.8, 4) is 11.4 Å². The van der Waals surface area contributed by atoms with Gasteiger partial charge in [0.2, 0.25) is 0 Å². The topological polar surface area (TPSA) is 67.7 Å². The van der Waals surface area contributed by atoms with Crippen LogP contribution in [-0.2, 0) is 19.5 Å². The molecule has 3 aromatic heterocycles. The van der Waals surface area contributed by atoms with E-state index in [4.69, 9.17) is 4.98 Å². The lowest BCUT2D eigenvalue weighted by Gasteiger charge is -2.28. The fourth-order valence-corrected chi connectivity index (χ4v) is 3.03. The van der Waals surface area contributed by atoms with E-state index in [9.17, 15) is 0 Å². The molecular weight excluding hydrogens is 300 g/mol. The zero-order valence-electron chi connectivity index (χ0n) is 13.6. The first-order chi connectivity index (χ1) is 11.8. The molecule has 1 aliphatic rings. The molecule has 3 aromatic rings. The molecule has 0 radical (unpaired) electrons. The summed E-state index contributed by atoms with van der Waals surface area (Å²) in [4.78, 5) is 24.0. The molecule has 6 heteroatoms. The van der Waals surface area contributed by atoms with Crippen LogP contribution >= 0.6 is 0 Å². The Bertz CT molecular complexity index is 849. The Morgan fingerprint density at radius 2 is 1.92 bits per heavy atom. The molecule has 120 valence electrons. The number of aryl methyl sites for hydroxylation is 1. The maximum atomic E-state index is 4.71. The van der Waals surface area contributed by atoms with E-state index in [1.807, 2.05) is 18.6 Å². The van der Waals surface area contributed by atoms with E-state index >= 15 is 0 Å². The number of pyridine rings is 1. The predicted molar refractivity (Wildman–Crippen MR) is 89.9 cm³/mol. The Morgan fingerprint density at radius 1 is 1.04 bits per heavy atom. The molecule has 0 atom stereocenters. The minimum absolute atomic E-state index is 0.700. The first-order valence-corrected chi connectivity index (χ1v) is 8.01. The highest BCUT2D eigenvalue weighted by Crippen LogP contribution is 2.21. The molecular formula is C18H18N6. The average Bonchev–Trinajstić information content (AvgIpc) is 2.62. The molecule has 0 amide bonds. The molecule has 0 bridgehead atoms. The van der Waals surface area contributed by atoms with Crippen molar-refractivity contribution >= 4 is 0 Å². The number of aromatic nitrogens is 5. The Balaban J connectivity index is 1.52. The summed E-state index contributed by atoms with van der Waals surface area (Å²) in [5.41, 5.74) is 5.62. The van der Waals surface area contributed by atoms with Gasteiger partial charge in [-0.1, -0.05) is 6.07 Å². The first kappa shape index (κ1) is 14.8. The van der Waals surface area contributed by atoms with Crippen molar-refractivity contribution in [2.45, 2.75) is 26.4 Å². The molecule has 4 heterocycles. The average molecular weight is 318 g/mol. The summed E-state index contributed by atoms with van der Waals surface area (Å²) < 4.78 is 0. The molecule has 0 unspecified atom stereocenters. The monoisotopic (exact) mass is 318 g/mol. The number of fused-ring (bicyclic) bond motifs is 1. The molecule has 6 nitrogen and oxygen atoms in total. The number of nitrogens with zero attached hydrogens (tertiary/aromatic N) is 6. The standard InChI is InChI=1S/C18H18N6/c1-13-4-14(6-19-5-13)10-24-3-2-17-16(11-24)9-22-18(23-17)15-7-20-12-21-8-15/h4-9,12H,2-3,10-11H2,1H3. The Morgan fingerprint density at radius 3 is 2.75 bits per heavy atom. The fraction of sp³-hybridized carbons (Fsp3) is 0.278. The maximum Gasteiger partial charge on any atom is 0.162 e. The van der Waals surface area contributed by atoms with Crippen molar-refractivity contribution in [2.75, 3.05) is 6.54 Å². The van der Waals surface area contributed by atoms with E-state index < -0.39 is 0 Å². The normalized spacial score (nSPS) is 14.4. The van der Waals surface area contributed by atoms with Gasteiger partial charge in [-0.3, -0.25) is 9.88 Å². The number of hydrogen-bond acceptors (Lipinski definition) is 6. The summed E-state index contributed by atoms with van der Waals surface area (Å²) in [6.07, 6.45) is 11.7. The van der Waals surface area contributed by atoms with Gasteiger partial charge in [0.1, 0.15) is 6.33 Å². The molecule has 1 aliphatic heterocycles. The van der Waals surface area contributed by atoms with Gasteiger partial charge in [-0.05, 0) is 18.1 Å². The van der Waals surface area contributed by atoms with Crippen LogP contribution in [0, 0.1) is 6.92 Å². The van der Waals surface area contributed by atoms with Crippen LogP contribution in [0.25, 0.3) is 11.4 Å². The predicted octanol–water partition coefficient (Wildman–Crippen LogP) is 2.20. The van der Waals surface area contributed by atoms with Crippen LogP contribution < -0.4 is 0 Å². The lowest BCUT2D eigenvalue weighted by molar-refractivity contribution is 0.242. The second-order valence-electron chi connectivity index (χ2n) is 6.12. The Kier molecular flexibility index (Phi) is 3.96. The molecule has 4 rings (SSSR count). The third-order valence-electron chi connectivity index (χ3n) is 4.17. The van der Waals surface area contributed by atoms with E-state index in [1.54, 1.807) is 12.4 Å². The summed E-state index contributed by atoms with van der Waals surface area (Å²) in [7, 11) is 0. The highest BCUT2D eigenvalue weighted by Gasteiger charge is 2.19. The summed E-state index contributed by atoms with van der Waals surface area (Å²) in [5.74, 6) is 0.700. The minimum atomic E-state index is 0.700. The fourth-order valence-electron chi connectivity index (χ4n) is 3.03. The molecule has 0 N–H and O–H groups in total. The highest BCUT2D eigenvalue weighted by molar-refractivity contribution is 5.52. The van der Waals surface area contributed by atoms with Crippen LogP contribution in [0.3, 0.4) is 0 Å². The minimum Gasteiger partial charge on any atom is -0.294 e. The lowest BCUT2D eigenvalue weighted by atomic mass is 10.1. The second kappa shape index (κ2) is 6.41. The largest absolute Gasteiger partial charge is 0.294 e. The van der Waals surface area contributed by atoms with Gasteiger partial charge in [0.15, 0.2) is 5.82 Å². The zero-order valence-corrected chi connectivity index (χ0v) is 13.6. The van der Waals surface area contributed by atoms with Crippen molar-refractivity contribution in [3.63, 3.8) is 0 Å². The van der Waals surface area contributed by atoms with Crippen molar-refractivity contribution < 1.29 is 0 Å². The van der Waals surface area contributed by atoms with Gasteiger partial charge in [0.25, 0.3) is 0 Å². The van der Waals surface area contributed by atoms with Gasteiger partial charge in [-0.2, -0.15) is 0 Å². The van der Waals surface area contributed by atoms with Crippen molar-refractivity contribution in [3.05, 3.63) is 65.8 Å². The summed E-state index contributed by atoms with van der Waals surface area (Å²) >= 11 is 0. The molecule has 0 fully saturated rings. The van der Waals surface area contributed by atoms with Gasteiger partial charge in [-0.25, -0.2) is 19.9 Å². The maximum absolute atomic E-state index is 4.71. The van der Waals surface area contributed by atoms with Gasteiger partial charge >= 0.3 is 0 Å². The van der Waals surface area contributed by atoms with E-state index in [2.05, 4.69) is 37.8 Å². The number of rotatable bonds is 3. The van der Waals surface area contributed by atoms with E-state index in [-0.39, 0.29) is 0 Å². The van der Waals surface area contributed by atoms with Gasteiger partial charge in [0, 0.05) is 62.6 Å². The quantitative estimate of drug-likeness (QED) is 0.737. The van der Waals surface area contributed by atoms with Crippen LogP contribution in [0.4, 0.5) is 0 Å². The molecule has 0 saturated heterocycles. The summed E-state index contributed by atoms with van der Waals surface area (Å²) in [5, 5.41) is 0. The first-order valence-electron chi connectivity index (χ1n) is 8.01. The van der Waals surface area contributed by atoms with Crippen molar-refractivity contribution in [1.82, 2.24) is 29.8 Å². The van der Waals surface area contributed by atoms with Gasteiger partial charge in [-0.15, -0.1) is 0 Å². The Hall–Kier alpha value is -2.73. The van der Waals surface area contributed by atoms with Crippen molar-refractivity contribution in [2.24, 2.45) is 0 Å². The highest BCUT2D eigenvalue weighted by atomic mass is 15.1. The van der Waals surface area contributed by atoms with E-state index in [0.29, 0.717) is 5.82 Å². The third kappa shape index (κ3) is 3.14. The molecule has 0 aromatic carbocycles. The van der Waals surface area contributed by atoms with Crippen LogP contribution in [0.2, 0.25) is 0 Å². The van der Waals surface area contributed by atoms with Crippen LogP contribution in [-0.4, -0.2) is 36.4 Å². The second-order valence-corrected chi connectivity index (χ2v) is 6.12. The van der Waals surface area contributed by atoms with Crippen LogP contribution in [0.1, 0.15) is 22.4 Å². The number of hydrogen-bond donors (Lipinski definition) is 0. The molecule has 0 saturated carbocycles. The van der Waals surface area contributed by atoms with Crippen molar-refractivity contribution in [1.29, 1.82) is 0 Å². The van der Waals surface area contributed by atoms with Gasteiger partial charge in [0.05, 0.1) is 11.3 Å². The van der Waals surface area contributed by atoms with E-state index in [0.717, 1.165) is 37.3 Å². The van der Waals surface area contributed by atoms with Crippen LogP contribution in [0.15, 0.2) is 43.4 Å². The zero-order chi connectivity index (χ0) is 16.4. The molecule has 0 spiro atoms.